The molecular formula is C10H13NO4. The fraction of sp³-hybridized carbons (Fsp3) is 0.400. The molecule has 0 amide bonds. The zero-order valence-corrected chi connectivity index (χ0v) is 8.52. The normalized spacial score (nSPS) is 30.5. The number of hydrogen-bond acceptors (Lipinski definition) is 3. The van der Waals surface area contributed by atoms with Crippen molar-refractivity contribution in [3.8, 4) is 0 Å². The third kappa shape index (κ3) is 1.92. The second-order valence-corrected chi connectivity index (χ2v) is 3.80. The Bertz CT molecular complexity index is 379. The lowest BCUT2D eigenvalue weighted by Crippen LogP contribution is -2.41. The summed E-state index contributed by atoms with van der Waals surface area (Å²) in [6.07, 6.45) is 2.84. The molecule has 15 heavy (non-hydrogen) atoms. The first-order chi connectivity index (χ1) is 6.77. The van der Waals surface area contributed by atoms with Gasteiger partial charge in [0.25, 0.3) is 0 Å². The molecular weight excluding hydrogens is 198 g/mol. The van der Waals surface area contributed by atoms with Crippen molar-refractivity contribution >= 4 is 11.9 Å². The molecule has 5 nitrogen and oxygen atoms in total. The van der Waals surface area contributed by atoms with Crippen LogP contribution in [0, 0.1) is 5.92 Å². The van der Waals surface area contributed by atoms with Gasteiger partial charge in [-0.05, 0) is 19.4 Å². The minimum absolute atomic E-state index is 0.144. The predicted octanol–water partition coefficient (Wildman–Crippen LogP) is 0.376. The Morgan fingerprint density at radius 1 is 1.47 bits per heavy atom. The molecule has 0 heterocycles. The van der Waals surface area contributed by atoms with E-state index in [1.807, 2.05) is 0 Å². The smallest absolute Gasteiger partial charge is 0.332 e. The van der Waals surface area contributed by atoms with E-state index in [9.17, 15) is 9.59 Å². The van der Waals surface area contributed by atoms with E-state index >= 15 is 0 Å². The zero-order chi connectivity index (χ0) is 11.8. The number of carboxylic acid groups (broad SMARTS) is 2. The third-order valence-electron chi connectivity index (χ3n) is 2.65. The molecule has 0 bridgehead atoms. The Labute approximate surface area is 86.9 Å². The van der Waals surface area contributed by atoms with E-state index in [-0.39, 0.29) is 5.57 Å². The number of hydrogen-bond donors (Lipinski definition) is 3. The van der Waals surface area contributed by atoms with Crippen LogP contribution in [0.2, 0.25) is 0 Å². The van der Waals surface area contributed by atoms with E-state index in [2.05, 4.69) is 0 Å². The van der Waals surface area contributed by atoms with E-state index in [1.54, 1.807) is 13.8 Å². The average molecular weight is 211 g/mol. The van der Waals surface area contributed by atoms with Gasteiger partial charge in [-0.25, -0.2) is 4.79 Å². The second kappa shape index (κ2) is 3.51. The second-order valence-electron chi connectivity index (χ2n) is 3.80. The van der Waals surface area contributed by atoms with Crippen molar-refractivity contribution in [3.63, 3.8) is 0 Å². The Morgan fingerprint density at radius 2 is 2.00 bits per heavy atom. The van der Waals surface area contributed by atoms with Gasteiger partial charge in [-0.3, -0.25) is 4.79 Å². The number of carboxylic acids is 2. The summed E-state index contributed by atoms with van der Waals surface area (Å²) in [5, 5.41) is 17.8. The van der Waals surface area contributed by atoms with Crippen LogP contribution in [0.5, 0.6) is 0 Å². The van der Waals surface area contributed by atoms with Crippen molar-refractivity contribution in [1.82, 2.24) is 0 Å². The third-order valence-corrected chi connectivity index (χ3v) is 2.65. The van der Waals surface area contributed by atoms with Gasteiger partial charge in [0, 0.05) is 0 Å². The maximum Gasteiger partial charge on any atom is 0.332 e. The van der Waals surface area contributed by atoms with E-state index < -0.39 is 23.4 Å². The number of carbonyl (C=O) groups is 2. The van der Waals surface area contributed by atoms with Crippen molar-refractivity contribution in [2.45, 2.75) is 19.4 Å². The Kier molecular flexibility index (Phi) is 2.68. The van der Waals surface area contributed by atoms with Gasteiger partial charge < -0.3 is 15.9 Å². The summed E-state index contributed by atoms with van der Waals surface area (Å²) in [5.41, 5.74) is 5.16. The zero-order valence-electron chi connectivity index (χ0n) is 8.52. The van der Waals surface area contributed by atoms with Gasteiger partial charge in [0.05, 0.1) is 11.1 Å². The van der Waals surface area contributed by atoms with Crippen LogP contribution >= 0.6 is 0 Å². The molecule has 0 radical (unpaired) electrons. The largest absolute Gasteiger partial charge is 0.481 e. The van der Waals surface area contributed by atoms with Crippen LogP contribution in [-0.4, -0.2) is 27.7 Å². The lowest BCUT2D eigenvalue weighted by Gasteiger charge is -2.29. The Balaban J connectivity index is 3.30. The lowest BCUT2D eigenvalue weighted by molar-refractivity contribution is -0.142. The van der Waals surface area contributed by atoms with Crippen molar-refractivity contribution < 1.29 is 19.8 Å². The first-order valence-corrected chi connectivity index (χ1v) is 4.43. The van der Waals surface area contributed by atoms with Crippen molar-refractivity contribution in [3.05, 3.63) is 23.3 Å². The highest BCUT2D eigenvalue weighted by atomic mass is 16.4. The number of aliphatic carboxylic acids is 2. The highest BCUT2D eigenvalue weighted by Gasteiger charge is 2.35. The first-order valence-electron chi connectivity index (χ1n) is 4.43. The molecule has 82 valence electrons. The van der Waals surface area contributed by atoms with E-state index in [4.69, 9.17) is 15.9 Å². The van der Waals surface area contributed by atoms with Crippen LogP contribution in [0.25, 0.3) is 0 Å². The molecule has 0 aromatic carbocycles. The van der Waals surface area contributed by atoms with Gasteiger partial charge in [0.1, 0.15) is 5.92 Å². The molecule has 1 aliphatic rings. The Hall–Kier alpha value is -1.62. The van der Waals surface area contributed by atoms with Crippen LogP contribution in [0.4, 0.5) is 0 Å². The fourth-order valence-corrected chi connectivity index (χ4v) is 1.54. The molecule has 2 unspecified atom stereocenters. The maximum absolute atomic E-state index is 11.0. The van der Waals surface area contributed by atoms with Gasteiger partial charge in [0.15, 0.2) is 0 Å². The molecule has 1 rings (SSSR count). The molecule has 0 aromatic heterocycles. The molecule has 0 saturated heterocycles. The first kappa shape index (κ1) is 11.5. The van der Waals surface area contributed by atoms with Gasteiger partial charge in [-0.2, -0.15) is 0 Å². The van der Waals surface area contributed by atoms with Crippen molar-refractivity contribution in [2.24, 2.45) is 11.7 Å². The summed E-state index contributed by atoms with van der Waals surface area (Å²) in [6.45, 7) is 3.18. The predicted molar refractivity (Wildman–Crippen MR) is 53.2 cm³/mol. The highest BCUT2D eigenvalue weighted by Crippen LogP contribution is 2.30. The quantitative estimate of drug-likeness (QED) is 0.573. The molecule has 0 fully saturated rings. The van der Waals surface area contributed by atoms with Crippen LogP contribution in [0.3, 0.4) is 0 Å². The van der Waals surface area contributed by atoms with Crippen LogP contribution < -0.4 is 5.73 Å². The van der Waals surface area contributed by atoms with E-state index in [0.717, 1.165) is 0 Å². The van der Waals surface area contributed by atoms with Crippen LogP contribution in [0.1, 0.15) is 13.8 Å². The summed E-state index contributed by atoms with van der Waals surface area (Å²) < 4.78 is 0. The summed E-state index contributed by atoms with van der Waals surface area (Å²) in [7, 11) is 0. The lowest BCUT2D eigenvalue weighted by atomic mass is 9.79. The van der Waals surface area contributed by atoms with Crippen LogP contribution in [-0.2, 0) is 9.59 Å². The van der Waals surface area contributed by atoms with Gasteiger partial charge >= 0.3 is 11.9 Å². The topological polar surface area (TPSA) is 101 Å². The summed E-state index contributed by atoms with van der Waals surface area (Å²) >= 11 is 0. The monoisotopic (exact) mass is 211 g/mol. The summed E-state index contributed by atoms with van der Waals surface area (Å²) in [4.78, 5) is 21.8. The summed E-state index contributed by atoms with van der Waals surface area (Å²) in [6, 6.07) is 0. The molecule has 5 heteroatoms. The molecule has 4 N–H and O–H groups in total. The number of nitrogens with two attached hydrogens (primary N) is 1. The highest BCUT2D eigenvalue weighted by molar-refractivity contribution is 5.96. The minimum atomic E-state index is -1.24. The Morgan fingerprint density at radius 3 is 2.40 bits per heavy atom. The summed E-state index contributed by atoms with van der Waals surface area (Å²) in [5.74, 6) is -3.53. The van der Waals surface area contributed by atoms with Gasteiger partial charge in [-0.1, -0.05) is 12.2 Å². The maximum atomic E-state index is 11.0. The molecule has 0 aromatic rings. The standard InChI is InChI=1S/C10H13NO4/c1-5-7(9(14)15)6(8(12)13)3-4-10(5,2)11/h3-4,6H,11H2,1-2H3,(H,12,13)(H,14,15). The molecule has 2 atom stereocenters. The van der Waals surface area contributed by atoms with Crippen LogP contribution in [0.15, 0.2) is 23.3 Å². The number of rotatable bonds is 2. The fourth-order valence-electron chi connectivity index (χ4n) is 1.54. The molecule has 1 aliphatic carbocycles. The van der Waals surface area contributed by atoms with Crippen molar-refractivity contribution in [1.29, 1.82) is 0 Å². The molecule has 0 aliphatic heterocycles. The average Bonchev–Trinajstić information content (AvgIpc) is 2.08. The molecule has 0 saturated carbocycles. The SMILES string of the molecule is CC1=C(C(=O)O)C(C(=O)O)C=CC1(C)N. The minimum Gasteiger partial charge on any atom is -0.481 e. The van der Waals surface area contributed by atoms with Gasteiger partial charge in [-0.15, -0.1) is 0 Å². The van der Waals surface area contributed by atoms with Crippen molar-refractivity contribution in [2.75, 3.05) is 0 Å². The van der Waals surface area contributed by atoms with E-state index in [1.165, 1.54) is 12.2 Å². The van der Waals surface area contributed by atoms with E-state index in [0.29, 0.717) is 5.57 Å². The van der Waals surface area contributed by atoms with Gasteiger partial charge in [0.2, 0.25) is 0 Å². The molecule has 0 spiro atoms.